The average molecular weight is 948 g/mol. The molecule has 0 bridgehead atoms. The Morgan fingerprint density at radius 3 is 2.14 bits per heavy atom. The molecular formula is C52H59ClN6O5S2. The highest BCUT2D eigenvalue weighted by molar-refractivity contribution is 7.99. The van der Waals surface area contributed by atoms with E-state index in [1.165, 1.54) is 4.90 Å². The number of carboxylic acids is 1. The number of hydrogen-bond acceptors (Lipinski definition) is 9. The van der Waals surface area contributed by atoms with Gasteiger partial charge in [-0.2, -0.15) is 0 Å². The van der Waals surface area contributed by atoms with E-state index in [2.05, 4.69) is 65.7 Å². The van der Waals surface area contributed by atoms with Gasteiger partial charge in [-0.15, -0.1) is 11.8 Å². The molecule has 346 valence electrons. The van der Waals surface area contributed by atoms with Crippen LogP contribution in [0, 0.1) is 13.8 Å². The first-order valence-electron chi connectivity index (χ1n) is 22.8. The van der Waals surface area contributed by atoms with Gasteiger partial charge in [-0.05, 0) is 136 Å². The van der Waals surface area contributed by atoms with Crippen LogP contribution in [0.2, 0.25) is 5.02 Å². The molecule has 2 saturated heterocycles. The highest BCUT2D eigenvalue weighted by Crippen LogP contribution is 2.41. The Balaban J connectivity index is 0.899. The highest BCUT2D eigenvalue weighted by atomic mass is 35.5. The average Bonchev–Trinajstić information content (AvgIpc) is 3.63. The molecule has 0 unspecified atom stereocenters. The number of carbonyl (C=O) groups is 1. The lowest BCUT2D eigenvalue weighted by Crippen LogP contribution is -2.46. The van der Waals surface area contributed by atoms with Crippen molar-refractivity contribution in [2.75, 3.05) is 71.4 Å². The van der Waals surface area contributed by atoms with Crippen LogP contribution in [0.4, 0.5) is 22.7 Å². The summed E-state index contributed by atoms with van der Waals surface area (Å²) >= 11 is 8.05. The van der Waals surface area contributed by atoms with E-state index in [0.29, 0.717) is 34.1 Å². The first-order valence-corrected chi connectivity index (χ1v) is 25.6. The lowest BCUT2D eigenvalue weighted by molar-refractivity contribution is 0.0696. The summed E-state index contributed by atoms with van der Waals surface area (Å²) in [7, 11) is -3.86. The zero-order valence-corrected chi connectivity index (χ0v) is 40.2. The summed E-state index contributed by atoms with van der Waals surface area (Å²) in [4.78, 5) is 21.2. The molecule has 0 amide bonds. The number of piperidine rings is 1. The van der Waals surface area contributed by atoms with Gasteiger partial charge < -0.3 is 34.8 Å². The SMILES string of the molecule is CCn1c(C)c(C(=O)O)c(-c2cccc(N3CCN(c4ccc(NS(=O)(=O)c5ccc(N[C@H](CCN6CCC(O)CC6)CSc6ccccc6)c(C)c5)cc4)CC3)c2)c1-c1ccc(Cl)cc1. The van der Waals surface area contributed by atoms with Crippen LogP contribution in [0.3, 0.4) is 0 Å². The molecule has 4 N–H and O–H groups in total. The predicted molar refractivity (Wildman–Crippen MR) is 271 cm³/mol. The molecule has 3 heterocycles. The molecule has 11 nitrogen and oxygen atoms in total. The summed E-state index contributed by atoms with van der Waals surface area (Å²) in [5.74, 6) is -0.0966. The van der Waals surface area contributed by atoms with Crippen molar-refractivity contribution in [3.63, 3.8) is 0 Å². The summed E-state index contributed by atoms with van der Waals surface area (Å²) in [5, 5.41) is 24.8. The summed E-state index contributed by atoms with van der Waals surface area (Å²) in [6.45, 7) is 12.2. The minimum atomic E-state index is -3.86. The number of anilines is 4. The number of benzene rings is 5. The zero-order valence-electron chi connectivity index (χ0n) is 37.8. The molecule has 0 aliphatic carbocycles. The molecule has 0 saturated carbocycles. The third-order valence-corrected chi connectivity index (χ3v) is 15.7. The maximum Gasteiger partial charge on any atom is 0.338 e. The van der Waals surface area contributed by atoms with Gasteiger partial charge in [-0.1, -0.05) is 54.1 Å². The van der Waals surface area contributed by atoms with Crippen molar-refractivity contribution in [3.8, 4) is 22.4 Å². The number of hydrogen-bond donors (Lipinski definition) is 4. The lowest BCUT2D eigenvalue weighted by Gasteiger charge is -2.37. The number of piperazine rings is 1. The van der Waals surface area contributed by atoms with Crippen LogP contribution in [0.25, 0.3) is 22.4 Å². The van der Waals surface area contributed by atoms with E-state index in [-0.39, 0.29) is 17.0 Å². The Morgan fingerprint density at radius 2 is 1.48 bits per heavy atom. The molecule has 6 aromatic rings. The van der Waals surface area contributed by atoms with Crippen LogP contribution in [-0.4, -0.2) is 97.8 Å². The van der Waals surface area contributed by atoms with Gasteiger partial charge in [-0.3, -0.25) is 4.72 Å². The smallest absolute Gasteiger partial charge is 0.338 e. The van der Waals surface area contributed by atoms with Gasteiger partial charge in [0.2, 0.25) is 0 Å². The molecule has 8 rings (SSSR count). The van der Waals surface area contributed by atoms with Crippen molar-refractivity contribution in [3.05, 3.63) is 143 Å². The van der Waals surface area contributed by atoms with Gasteiger partial charge in [0, 0.05) is 108 Å². The molecule has 0 spiro atoms. The second kappa shape index (κ2) is 21.0. The minimum absolute atomic E-state index is 0.159. The number of thioether (sulfide) groups is 1. The lowest BCUT2D eigenvalue weighted by atomic mass is 9.96. The van der Waals surface area contributed by atoms with E-state index in [9.17, 15) is 23.4 Å². The van der Waals surface area contributed by atoms with Gasteiger partial charge in [0.1, 0.15) is 0 Å². The number of aromatic carboxylic acids is 1. The normalized spacial score (nSPS) is 15.5. The largest absolute Gasteiger partial charge is 0.478 e. The van der Waals surface area contributed by atoms with E-state index in [0.717, 1.165) is 110 Å². The Kier molecular flexibility index (Phi) is 15.0. The van der Waals surface area contributed by atoms with Crippen LogP contribution in [0.5, 0.6) is 0 Å². The van der Waals surface area contributed by atoms with Crippen LogP contribution in [0.15, 0.2) is 131 Å². The first kappa shape index (κ1) is 47.1. The third kappa shape index (κ3) is 11.0. The van der Waals surface area contributed by atoms with Crippen molar-refractivity contribution in [2.24, 2.45) is 0 Å². The standard InChI is InChI=1S/C52H59ClN6O5S2/c1-4-59-37(3)49(52(61)62)50(51(59)38-13-15-40(53)16-14-38)39-9-8-10-44(34-39)58-31-29-57(30-32-58)43-19-17-41(18-20-43)55-66(63,64)47-21-22-48(36(2)33-47)54-42(35-65-46-11-6-5-7-12-46)23-26-56-27-24-45(60)25-28-56/h5-22,33-34,42,45,54-55,60H,4,23-32,35H2,1-3H3,(H,61,62)/t42-/m1/s1. The fourth-order valence-electron chi connectivity index (χ4n) is 9.20. The fraction of sp³-hybridized carbons (Fsp3) is 0.327. The Labute approximate surface area is 398 Å². The fourth-order valence-corrected chi connectivity index (χ4v) is 11.5. The van der Waals surface area contributed by atoms with E-state index >= 15 is 0 Å². The van der Waals surface area contributed by atoms with E-state index in [1.807, 2.05) is 105 Å². The van der Waals surface area contributed by atoms with E-state index in [1.54, 1.807) is 12.1 Å². The molecule has 66 heavy (non-hydrogen) atoms. The summed E-state index contributed by atoms with van der Waals surface area (Å²) in [6, 6.07) is 39.0. The first-order chi connectivity index (χ1) is 31.9. The highest BCUT2D eigenvalue weighted by Gasteiger charge is 2.28. The van der Waals surface area contributed by atoms with Gasteiger partial charge in [0.25, 0.3) is 10.0 Å². The quantitative estimate of drug-likeness (QED) is 0.0656. The number of aromatic nitrogens is 1. The number of likely N-dealkylation sites (tertiary alicyclic amines) is 1. The number of sulfonamides is 1. The number of rotatable bonds is 17. The molecular weight excluding hydrogens is 888 g/mol. The van der Waals surface area contributed by atoms with Crippen molar-refractivity contribution in [2.45, 2.75) is 68.5 Å². The molecule has 2 fully saturated rings. The van der Waals surface area contributed by atoms with Crippen molar-refractivity contribution in [1.82, 2.24) is 9.47 Å². The number of carboxylic acid groups (broad SMARTS) is 1. The van der Waals surface area contributed by atoms with Crippen molar-refractivity contribution >= 4 is 62.1 Å². The van der Waals surface area contributed by atoms with E-state index < -0.39 is 16.0 Å². The number of halogens is 1. The maximum atomic E-state index is 13.7. The minimum Gasteiger partial charge on any atom is -0.478 e. The molecule has 5 aromatic carbocycles. The molecule has 1 atom stereocenters. The van der Waals surface area contributed by atoms with Gasteiger partial charge in [0.05, 0.1) is 22.3 Å². The number of aryl methyl sites for hydroxylation is 1. The Hall–Kier alpha value is -5.44. The molecule has 2 aliphatic rings. The van der Waals surface area contributed by atoms with Crippen LogP contribution < -0.4 is 19.8 Å². The maximum absolute atomic E-state index is 13.7. The second-order valence-corrected chi connectivity index (χ2v) is 20.4. The third-order valence-electron chi connectivity index (χ3n) is 12.8. The Bertz CT molecular complexity index is 2720. The molecule has 1 aromatic heterocycles. The number of nitrogens with one attached hydrogen (secondary N) is 2. The molecule has 2 aliphatic heterocycles. The summed E-state index contributed by atoms with van der Waals surface area (Å²) in [6.07, 6.45) is 2.34. The van der Waals surface area contributed by atoms with E-state index in [4.69, 9.17) is 11.6 Å². The topological polar surface area (TPSA) is 130 Å². The second-order valence-electron chi connectivity index (χ2n) is 17.2. The predicted octanol–water partition coefficient (Wildman–Crippen LogP) is 10.4. The molecule has 14 heteroatoms. The molecule has 0 radical (unpaired) electrons. The van der Waals surface area contributed by atoms with Gasteiger partial charge >= 0.3 is 5.97 Å². The monoisotopic (exact) mass is 946 g/mol. The van der Waals surface area contributed by atoms with Gasteiger partial charge in [0.15, 0.2) is 0 Å². The van der Waals surface area contributed by atoms with Gasteiger partial charge in [-0.25, -0.2) is 13.2 Å². The summed E-state index contributed by atoms with van der Waals surface area (Å²) in [5.41, 5.74) is 8.60. The zero-order chi connectivity index (χ0) is 46.4. The van der Waals surface area contributed by atoms with Crippen molar-refractivity contribution < 1.29 is 23.4 Å². The van der Waals surface area contributed by atoms with Crippen molar-refractivity contribution in [1.29, 1.82) is 0 Å². The number of nitrogens with zero attached hydrogens (tertiary/aromatic N) is 4. The Morgan fingerprint density at radius 1 is 0.803 bits per heavy atom. The van der Waals surface area contributed by atoms with Crippen LogP contribution >= 0.6 is 23.4 Å². The van der Waals surface area contributed by atoms with Crippen LogP contribution in [0.1, 0.15) is 47.8 Å². The number of aliphatic hydroxyl groups excluding tert-OH is 1. The number of aliphatic hydroxyl groups is 1. The van der Waals surface area contributed by atoms with Crippen LogP contribution in [-0.2, 0) is 16.6 Å². The summed E-state index contributed by atoms with van der Waals surface area (Å²) < 4.78 is 32.3.